The summed E-state index contributed by atoms with van der Waals surface area (Å²) in [5.41, 5.74) is 0.947. The third kappa shape index (κ3) is 4.74. The molecular weight excluding hydrogens is 412 g/mol. The number of ether oxygens (including phenoxy) is 1. The van der Waals surface area contributed by atoms with Crippen molar-refractivity contribution in [1.82, 2.24) is 9.62 Å². The number of carbonyl (C=O) groups excluding carboxylic acids is 1. The lowest BCUT2D eigenvalue weighted by molar-refractivity contribution is 0.0939. The molecule has 0 unspecified atom stereocenters. The molecular formula is C21H25ClN2O4S. The van der Waals surface area contributed by atoms with Crippen molar-refractivity contribution in [2.24, 2.45) is 0 Å². The number of para-hydroxylation sites is 1. The number of nitrogens with one attached hydrogen (secondary N) is 1. The summed E-state index contributed by atoms with van der Waals surface area (Å²) in [6.45, 7) is 2.83. The maximum Gasteiger partial charge on any atom is 0.253 e. The van der Waals surface area contributed by atoms with Crippen LogP contribution < -0.4 is 10.1 Å². The van der Waals surface area contributed by atoms with E-state index in [4.69, 9.17) is 16.3 Å². The van der Waals surface area contributed by atoms with Gasteiger partial charge in [-0.1, -0.05) is 36.2 Å². The standard InChI is InChI=1S/C21H25ClN2O4S/c1-15(17-8-4-5-9-20(17)28-2)23-21(25)18-14-16(10-11-19(18)22)29(26,27)24-12-6-3-7-13-24/h4-5,8-11,14-15H,3,6-7,12-13H2,1-2H3,(H,23,25)/t15-/m1/s1. The van der Waals surface area contributed by atoms with Crippen molar-refractivity contribution in [3.8, 4) is 5.75 Å². The smallest absolute Gasteiger partial charge is 0.253 e. The number of amides is 1. The van der Waals surface area contributed by atoms with Crippen molar-refractivity contribution in [2.75, 3.05) is 20.2 Å². The zero-order valence-electron chi connectivity index (χ0n) is 16.5. The number of nitrogens with zero attached hydrogens (tertiary/aromatic N) is 1. The predicted octanol–water partition coefficient (Wildman–Crippen LogP) is 4.01. The second-order valence-corrected chi connectivity index (χ2v) is 9.39. The molecule has 6 nitrogen and oxygen atoms in total. The minimum Gasteiger partial charge on any atom is -0.496 e. The Kier molecular flexibility index (Phi) is 6.82. The molecule has 1 N–H and O–H groups in total. The molecule has 3 rings (SSSR count). The van der Waals surface area contributed by atoms with Gasteiger partial charge < -0.3 is 10.1 Å². The van der Waals surface area contributed by atoms with Gasteiger partial charge in [0.15, 0.2) is 0 Å². The third-order valence-corrected chi connectivity index (χ3v) is 7.31. The highest BCUT2D eigenvalue weighted by Crippen LogP contribution is 2.27. The zero-order chi connectivity index (χ0) is 21.0. The van der Waals surface area contributed by atoms with Gasteiger partial charge in [-0.2, -0.15) is 4.31 Å². The van der Waals surface area contributed by atoms with Crippen LogP contribution in [0.15, 0.2) is 47.4 Å². The van der Waals surface area contributed by atoms with Crippen LogP contribution in [0.4, 0.5) is 0 Å². The Balaban J connectivity index is 1.85. The number of hydrogen-bond acceptors (Lipinski definition) is 4. The number of benzene rings is 2. The van der Waals surface area contributed by atoms with Gasteiger partial charge in [-0.3, -0.25) is 4.79 Å². The van der Waals surface area contributed by atoms with Crippen molar-refractivity contribution >= 4 is 27.5 Å². The van der Waals surface area contributed by atoms with Gasteiger partial charge in [0.05, 0.1) is 28.6 Å². The average molecular weight is 437 g/mol. The molecule has 8 heteroatoms. The molecule has 0 radical (unpaired) electrons. The zero-order valence-corrected chi connectivity index (χ0v) is 18.1. The highest BCUT2D eigenvalue weighted by Gasteiger charge is 2.27. The molecule has 0 aromatic heterocycles. The number of piperidine rings is 1. The number of halogens is 1. The lowest BCUT2D eigenvalue weighted by Gasteiger charge is -2.26. The van der Waals surface area contributed by atoms with Gasteiger partial charge in [0.1, 0.15) is 5.75 Å². The minimum atomic E-state index is -3.65. The van der Waals surface area contributed by atoms with Crippen LogP contribution >= 0.6 is 11.6 Å². The Bertz CT molecular complexity index is 988. The maximum atomic E-state index is 12.9. The van der Waals surface area contributed by atoms with Gasteiger partial charge in [-0.15, -0.1) is 0 Å². The van der Waals surface area contributed by atoms with Crippen LogP contribution in [0, 0.1) is 0 Å². The van der Waals surface area contributed by atoms with Gasteiger partial charge in [0.25, 0.3) is 5.91 Å². The number of carbonyl (C=O) groups is 1. The summed E-state index contributed by atoms with van der Waals surface area (Å²) in [6, 6.07) is 11.3. The summed E-state index contributed by atoms with van der Waals surface area (Å²) in [6.07, 6.45) is 2.72. The van der Waals surface area contributed by atoms with Crippen LogP contribution in [0.25, 0.3) is 0 Å². The van der Waals surface area contributed by atoms with Crippen LogP contribution in [0.2, 0.25) is 5.02 Å². The van der Waals surface area contributed by atoms with Gasteiger partial charge in [0.2, 0.25) is 10.0 Å². The van der Waals surface area contributed by atoms with E-state index in [2.05, 4.69) is 5.32 Å². The first kappa shape index (κ1) is 21.6. The molecule has 156 valence electrons. The van der Waals surface area contributed by atoms with E-state index >= 15 is 0 Å². The molecule has 0 spiro atoms. The Morgan fingerprint density at radius 1 is 1.14 bits per heavy atom. The van der Waals surface area contributed by atoms with Crippen molar-refractivity contribution in [3.05, 3.63) is 58.6 Å². The first-order valence-electron chi connectivity index (χ1n) is 9.58. The summed E-state index contributed by atoms with van der Waals surface area (Å²) in [5.74, 6) is 0.219. The first-order valence-corrected chi connectivity index (χ1v) is 11.4. The third-order valence-electron chi connectivity index (χ3n) is 5.09. The van der Waals surface area contributed by atoms with E-state index in [1.54, 1.807) is 7.11 Å². The summed E-state index contributed by atoms with van der Waals surface area (Å²) in [7, 11) is -2.08. The van der Waals surface area contributed by atoms with E-state index in [0.29, 0.717) is 18.8 Å². The van der Waals surface area contributed by atoms with E-state index in [9.17, 15) is 13.2 Å². The van der Waals surface area contributed by atoms with Crippen LogP contribution in [-0.4, -0.2) is 38.8 Å². The normalized spacial score (nSPS) is 16.2. The SMILES string of the molecule is COc1ccccc1[C@@H](C)NC(=O)c1cc(S(=O)(=O)N2CCCCC2)ccc1Cl. The quantitative estimate of drug-likeness (QED) is 0.742. The molecule has 1 aliphatic rings. The van der Waals surface area contributed by atoms with E-state index in [1.807, 2.05) is 31.2 Å². The molecule has 1 atom stereocenters. The molecule has 0 aliphatic carbocycles. The van der Waals surface area contributed by atoms with E-state index in [-0.39, 0.29) is 21.5 Å². The Hall–Kier alpha value is -2.09. The van der Waals surface area contributed by atoms with Crippen molar-refractivity contribution in [1.29, 1.82) is 0 Å². The predicted molar refractivity (Wildman–Crippen MR) is 113 cm³/mol. The second-order valence-electron chi connectivity index (χ2n) is 7.04. The van der Waals surface area contributed by atoms with Gasteiger partial charge in [0, 0.05) is 18.7 Å². The lowest BCUT2D eigenvalue weighted by atomic mass is 10.1. The molecule has 2 aromatic carbocycles. The topological polar surface area (TPSA) is 75.7 Å². The Morgan fingerprint density at radius 2 is 1.83 bits per heavy atom. The molecule has 1 amide bonds. The maximum absolute atomic E-state index is 12.9. The lowest BCUT2D eigenvalue weighted by Crippen LogP contribution is -2.35. The number of methoxy groups -OCH3 is 1. The molecule has 1 aliphatic heterocycles. The Labute approximate surface area is 176 Å². The van der Waals surface area contributed by atoms with E-state index in [0.717, 1.165) is 24.8 Å². The summed E-state index contributed by atoms with van der Waals surface area (Å²) in [5, 5.41) is 3.08. The average Bonchev–Trinajstić information content (AvgIpc) is 2.74. The molecule has 1 fully saturated rings. The summed E-state index contributed by atoms with van der Waals surface area (Å²) < 4.78 is 32.7. The van der Waals surface area contributed by atoms with Gasteiger partial charge in [-0.25, -0.2) is 8.42 Å². The molecule has 1 saturated heterocycles. The van der Waals surface area contributed by atoms with Crippen LogP contribution in [0.5, 0.6) is 5.75 Å². The van der Waals surface area contributed by atoms with Crippen molar-refractivity contribution in [3.63, 3.8) is 0 Å². The minimum absolute atomic E-state index is 0.0823. The molecule has 1 heterocycles. The van der Waals surface area contributed by atoms with Gasteiger partial charge >= 0.3 is 0 Å². The van der Waals surface area contributed by atoms with Crippen LogP contribution in [0.3, 0.4) is 0 Å². The fraction of sp³-hybridized carbons (Fsp3) is 0.381. The highest BCUT2D eigenvalue weighted by atomic mass is 35.5. The van der Waals surface area contributed by atoms with Crippen molar-refractivity contribution < 1.29 is 17.9 Å². The largest absolute Gasteiger partial charge is 0.496 e. The molecule has 0 bridgehead atoms. The van der Waals surface area contributed by atoms with E-state index < -0.39 is 15.9 Å². The Morgan fingerprint density at radius 3 is 2.52 bits per heavy atom. The number of sulfonamides is 1. The van der Waals surface area contributed by atoms with Gasteiger partial charge in [-0.05, 0) is 44.0 Å². The van der Waals surface area contributed by atoms with Crippen LogP contribution in [0.1, 0.15) is 48.1 Å². The fourth-order valence-corrected chi connectivity index (χ4v) is 5.22. The van der Waals surface area contributed by atoms with Crippen LogP contribution in [-0.2, 0) is 10.0 Å². The number of hydrogen-bond donors (Lipinski definition) is 1. The summed E-state index contributed by atoms with van der Waals surface area (Å²) >= 11 is 6.22. The highest BCUT2D eigenvalue weighted by molar-refractivity contribution is 7.89. The monoisotopic (exact) mass is 436 g/mol. The fourth-order valence-electron chi connectivity index (χ4n) is 3.47. The van der Waals surface area contributed by atoms with Crippen molar-refractivity contribution in [2.45, 2.75) is 37.1 Å². The molecule has 0 saturated carbocycles. The number of rotatable bonds is 6. The van der Waals surface area contributed by atoms with E-state index in [1.165, 1.54) is 22.5 Å². The molecule has 29 heavy (non-hydrogen) atoms. The summed E-state index contributed by atoms with van der Waals surface area (Å²) in [4.78, 5) is 12.9. The first-order chi connectivity index (χ1) is 13.8. The second kappa shape index (κ2) is 9.15. The molecule has 2 aromatic rings.